The number of aromatic nitrogens is 3. The van der Waals surface area contributed by atoms with Crippen molar-refractivity contribution < 1.29 is 4.79 Å². The van der Waals surface area contributed by atoms with E-state index in [-0.39, 0.29) is 5.91 Å². The molecule has 27 heavy (non-hydrogen) atoms. The van der Waals surface area contributed by atoms with Crippen molar-refractivity contribution in [2.75, 3.05) is 11.4 Å². The number of carbonyl (C=O) groups excluding carboxylic acids is 1. The molecule has 0 saturated carbocycles. The predicted molar refractivity (Wildman–Crippen MR) is 109 cm³/mol. The smallest absolute Gasteiger partial charge is 0.260 e. The van der Waals surface area contributed by atoms with Gasteiger partial charge in [-0.15, -0.1) is 0 Å². The molecule has 2 aromatic carbocycles. The van der Waals surface area contributed by atoms with Gasteiger partial charge in [0, 0.05) is 24.5 Å². The van der Waals surface area contributed by atoms with Gasteiger partial charge in [0.1, 0.15) is 0 Å². The first-order valence-corrected chi connectivity index (χ1v) is 9.65. The second-order valence-corrected chi connectivity index (χ2v) is 7.52. The summed E-state index contributed by atoms with van der Waals surface area (Å²) >= 11 is 1.54. The molecule has 0 bridgehead atoms. The van der Waals surface area contributed by atoms with E-state index in [1.54, 1.807) is 11.1 Å². The first-order chi connectivity index (χ1) is 13.1. The Labute approximate surface area is 161 Å². The quantitative estimate of drug-likeness (QED) is 0.517. The minimum Gasteiger partial charge on any atom is -0.282 e. The van der Waals surface area contributed by atoms with Crippen LogP contribution >= 0.6 is 11.3 Å². The maximum absolute atomic E-state index is 13.4. The molecule has 4 aromatic rings. The Kier molecular flexibility index (Phi) is 4.73. The number of para-hydroxylation sites is 1. The van der Waals surface area contributed by atoms with Crippen LogP contribution in [0.1, 0.15) is 21.5 Å². The molecule has 0 aliphatic carbocycles. The summed E-state index contributed by atoms with van der Waals surface area (Å²) in [7, 11) is 0. The lowest BCUT2D eigenvalue weighted by Crippen LogP contribution is -2.34. The summed E-state index contributed by atoms with van der Waals surface area (Å²) in [6, 6.07) is 15.8. The Hall–Kier alpha value is -2.99. The fraction of sp³-hybridized carbons (Fsp3) is 0.190. The Bertz CT molecular complexity index is 1050. The first-order valence-electron chi connectivity index (χ1n) is 8.84. The number of rotatable bonds is 5. The number of benzene rings is 2. The zero-order valence-electron chi connectivity index (χ0n) is 15.3. The summed E-state index contributed by atoms with van der Waals surface area (Å²) in [4.78, 5) is 19.8. The van der Waals surface area contributed by atoms with Crippen LogP contribution in [0.25, 0.3) is 10.2 Å². The molecule has 4 rings (SSSR count). The highest BCUT2D eigenvalue weighted by atomic mass is 32.1. The second-order valence-electron chi connectivity index (χ2n) is 6.51. The van der Waals surface area contributed by atoms with Crippen molar-refractivity contribution in [3.8, 4) is 0 Å². The summed E-state index contributed by atoms with van der Waals surface area (Å²) < 4.78 is 2.90. The number of thiazole rings is 1. The van der Waals surface area contributed by atoms with Crippen LogP contribution in [0.5, 0.6) is 0 Å². The van der Waals surface area contributed by atoms with Crippen LogP contribution in [0.4, 0.5) is 5.13 Å². The fourth-order valence-electron chi connectivity index (χ4n) is 3.09. The number of aryl methyl sites for hydroxylation is 2. The third kappa shape index (κ3) is 3.61. The van der Waals surface area contributed by atoms with E-state index >= 15 is 0 Å². The highest BCUT2D eigenvalue weighted by Gasteiger charge is 2.22. The molecule has 0 aliphatic rings. The van der Waals surface area contributed by atoms with Crippen LogP contribution in [0, 0.1) is 13.8 Å². The van der Waals surface area contributed by atoms with Gasteiger partial charge in [-0.2, -0.15) is 5.10 Å². The number of anilines is 1. The Balaban J connectivity index is 1.71. The molecule has 2 aromatic heterocycles. The average Bonchev–Trinajstić information content (AvgIpc) is 3.31. The monoisotopic (exact) mass is 376 g/mol. The highest BCUT2D eigenvalue weighted by Crippen LogP contribution is 2.30. The van der Waals surface area contributed by atoms with Crippen LogP contribution < -0.4 is 4.90 Å². The molecular formula is C21H20N4OS. The lowest BCUT2D eigenvalue weighted by Gasteiger charge is -2.21. The molecule has 6 heteroatoms. The van der Waals surface area contributed by atoms with E-state index in [1.807, 2.05) is 73.3 Å². The van der Waals surface area contributed by atoms with Crippen LogP contribution in [0.3, 0.4) is 0 Å². The topological polar surface area (TPSA) is 51.0 Å². The molecule has 0 atom stereocenters. The van der Waals surface area contributed by atoms with Gasteiger partial charge in [-0.05, 0) is 43.7 Å². The van der Waals surface area contributed by atoms with E-state index in [2.05, 4.69) is 5.10 Å². The predicted octanol–water partition coefficient (Wildman–Crippen LogP) is 4.46. The zero-order chi connectivity index (χ0) is 18.8. The van der Waals surface area contributed by atoms with E-state index in [1.165, 1.54) is 11.3 Å². The van der Waals surface area contributed by atoms with Crippen molar-refractivity contribution in [3.05, 3.63) is 77.6 Å². The second kappa shape index (κ2) is 7.32. The maximum Gasteiger partial charge on any atom is 0.260 e. The Morgan fingerprint density at radius 1 is 1.15 bits per heavy atom. The lowest BCUT2D eigenvalue weighted by molar-refractivity contribution is 0.0985. The van der Waals surface area contributed by atoms with Gasteiger partial charge in [-0.3, -0.25) is 14.4 Å². The summed E-state index contributed by atoms with van der Waals surface area (Å²) in [5, 5.41) is 4.96. The van der Waals surface area contributed by atoms with Crippen molar-refractivity contribution in [2.24, 2.45) is 0 Å². The minimum absolute atomic E-state index is 0.0290. The van der Waals surface area contributed by atoms with Crippen LogP contribution in [-0.4, -0.2) is 27.2 Å². The molecule has 0 aliphatic heterocycles. The van der Waals surface area contributed by atoms with E-state index in [0.717, 1.165) is 21.3 Å². The molecule has 0 unspecified atom stereocenters. The number of hydrogen-bond acceptors (Lipinski definition) is 4. The number of hydrogen-bond donors (Lipinski definition) is 0. The van der Waals surface area contributed by atoms with Crippen LogP contribution in [-0.2, 0) is 6.54 Å². The zero-order valence-corrected chi connectivity index (χ0v) is 16.1. The third-order valence-corrected chi connectivity index (χ3v) is 5.54. The van der Waals surface area contributed by atoms with Crippen molar-refractivity contribution in [1.29, 1.82) is 0 Å². The van der Waals surface area contributed by atoms with E-state index in [9.17, 15) is 4.79 Å². The maximum atomic E-state index is 13.4. The van der Waals surface area contributed by atoms with Gasteiger partial charge in [0.15, 0.2) is 5.13 Å². The largest absolute Gasteiger partial charge is 0.282 e. The van der Waals surface area contributed by atoms with Crippen molar-refractivity contribution in [3.63, 3.8) is 0 Å². The molecule has 0 radical (unpaired) electrons. The normalized spacial score (nSPS) is 11.0. The lowest BCUT2D eigenvalue weighted by atomic mass is 10.0. The SMILES string of the molecule is Cc1ccc(C(=O)N(CCn2cccn2)c2nc3ccccc3s2)c(C)c1. The minimum atomic E-state index is -0.0290. The molecule has 0 saturated heterocycles. The van der Waals surface area contributed by atoms with Crippen LogP contribution in [0.15, 0.2) is 60.9 Å². The van der Waals surface area contributed by atoms with Gasteiger partial charge < -0.3 is 0 Å². The fourth-order valence-corrected chi connectivity index (χ4v) is 4.08. The standard InChI is InChI=1S/C21H20N4OS/c1-15-8-9-17(16(2)14-15)20(26)25(13-12-24-11-5-10-22-24)21-23-18-6-3-4-7-19(18)27-21/h3-11,14H,12-13H2,1-2H3. The Morgan fingerprint density at radius 3 is 2.74 bits per heavy atom. The number of amides is 1. The van der Waals surface area contributed by atoms with Gasteiger partial charge in [0.25, 0.3) is 5.91 Å². The summed E-state index contributed by atoms with van der Waals surface area (Å²) in [6.45, 7) is 5.13. The number of nitrogens with zero attached hydrogens (tertiary/aromatic N) is 4. The van der Waals surface area contributed by atoms with Crippen molar-refractivity contribution >= 4 is 32.6 Å². The average molecular weight is 376 g/mol. The molecule has 0 N–H and O–H groups in total. The molecule has 0 spiro atoms. The van der Waals surface area contributed by atoms with Gasteiger partial charge in [0.05, 0.1) is 16.8 Å². The van der Waals surface area contributed by atoms with Gasteiger partial charge >= 0.3 is 0 Å². The molecule has 2 heterocycles. The summed E-state index contributed by atoms with van der Waals surface area (Å²) in [6.07, 6.45) is 3.64. The van der Waals surface area contributed by atoms with E-state index in [4.69, 9.17) is 4.98 Å². The highest BCUT2D eigenvalue weighted by molar-refractivity contribution is 7.22. The summed E-state index contributed by atoms with van der Waals surface area (Å²) in [5.41, 5.74) is 3.74. The van der Waals surface area contributed by atoms with Crippen LogP contribution in [0.2, 0.25) is 0 Å². The van der Waals surface area contributed by atoms with Gasteiger partial charge in [-0.25, -0.2) is 4.98 Å². The third-order valence-electron chi connectivity index (χ3n) is 4.48. The first kappa shape index (κ1) is 17.4. The summed E-state index contributed by atoms with van der Waals surface area (Å²) in [5.74, 6) is -0.0290. The van der Waals surface area contributed by atoms with Gasteiger partial charge in [0.2, 0.25) is 0 Å². The molecule has 0 fully saturated rings. The molecule has 1 amide bonds. The molecule has 5 nitrogen and oxygen atoms in total. The molecule has 136 valence electrons. The Morgan fingerprint density at radius 2 is 2.00 bits per heavy atom. The van der Waals surface area contributed by atoms with E-state index in [0.29, 0.717) is 23.8 Å². The van der Waals surface area contributed by atoms with Crippen molar-refractivity contribution in [2.45, 2.75) is 20.4 Å². The van der Waals surface area contributed by atoms with E-state index < -0.39 is 0 Å². The number of fused-ring (bicyclic) bond motifs is 1. The van der Waals surface area contributed by atoms with Gasteiger partial charge in [-0.1, -0.05) is 41.2 Å². The number of carbonyl (C=O) groups is 1. The molecular weight excluding hydrogens is 356 g/mol. The van der Waals surface area contributed by atoms with Crippen molar-refractivity contribution in [1.82, 2.24) is 14.8 Å².